The van der Waals surface area contributed by atoms with Crippen molar-refractivity contribution in [2.75, 3.05) is 5.73 Å². The molecule has 0 radical (unpaired) electrons. The second kappa shape index (κ2) is 4.35. The molecule has 0 saturated heterocycles. The van der Waals surface area contributed by atoms with Gasteiger partial charge in [0, 0.05) is 4.88 Å². The van der Waals surface area contributed by atoms with Gasteiger partial charge in [0.1, 0.15) is 23.6 Å². The van der Waals surface area contributed by atoms with Crippen LogP contribution in [0.5, 0.6) is 5.75 Å². The zero-order chi connectivity index (χ0) is 11.7. The van der Waals surface area contributed by atoms with Gasteiger partial charge in [0.15, 0.2) is 0 Å². The third-order valence-corrected chi connectivity index (χ3v) is 4.10. The van der Waals surface area contributed by atoms with Crippen LogP contribution >= 0.6 is 22.7 Å². The lowest BCUT2D eigenvalue weighted by molar-refractivity contribution is 0.312. The van der Waals surface area contributed by atoms with E-state index in [1.165, 1.54) is 4.88 Å². The van der Waals surface area contributed by atoms with Crippen molar-refractivity contribution in [2.45, 2.75) is 6.61 Å². The summed E-state index contributed by atoms with van der Waals surface area (Å²) in [6.45, 7) is 0.553. The third-order valence-electron chi connectivity index (χ3n) is 2.45. The smallest absolute Gasteiger partial charge is 0.145 e. The Morgan fingerprint density at radius 3 is 3.00 bits per heavy atom. The zero-order valence-electron chi connectivity index (χ0n) is 8.92. The Balaban J connectivity index is 1.87. The second-order valence-electron chi connectivity index (χ2n) is 3.54. The molecule has 17 heavy (non-hydrogen) atoms. The molecule has 0 aliphatic heterocycles. The van der Waals surface area contributed by atoms with Crippen molar-refractivity contribution < 1.29 is 4.74 Å². The van der Waals surface area contributed by atoms with Crippen LogP contribution in [0.25, 0.3) is 10.2 Å². The normalized spacial score (nSPS) is 10.8. The van der Waals surface area contributed by atoms with E-state index in [-0.39, 0.29) is 0 Å². The summed E-state index contributed by atoms with van der Waals surface area (Å²) in [7, 11) is 0. The summed E-state index contributed by atoms with van der Waals surface area (Å²) in [5, 5.41) is 2.03. The first-order valence-electron chi connectivity index (χ1n) is 5.11. The Kier molecular flexibility index (Phi) is 2.70. The molecule has 0 fully saturated rings. The van der Waals surface area contributed by atoms with Crippen molar-refractivity contribution in [2.24, 2.45) is 0 Å². The number of ether oxygens (including phenoxy) is 1. The van der Waals surface area contributed by atoms with E-state index in [9.17, 15) is 0 Å². The van der Waals surface area contributed by atoms with Gasteiger partial charge >= 0.3 is 0 Å². The van der Waals surface area contributed by atoms with Crippen molar-refractivity contribution in [1.82, 2.24) is 4.98 Å². The predicted molar refractivity (Wildman–Crippen MR) is 72.7 cm³/mol. The van der Waals surface area contributed by atoms with Crippen LogP contribution in [0, 0.1) is 0 Å². The molecule has 0 aliphatic rings. The number of rotatable bonds is 3. The summed E-state index contributed by atoms with van der Waals surface area (Å²) in [4.78, 5) is 5.42. The van der Waals surface area contributed by atoms with E-state index in [1.807, 2.05) is 29.6 Å². The van der Waals surface area contributed by atoms with Crippen LogP contribution in [-0.4, -0.2) is 4.98 Å². The van der Waals surface area contributed by atoms with Crippen molar-refractivity contribution in [3.05, 3.63) is 40.0 Å². The highest BCUT2D eigenvalue weighted by Gasteiger charge is 2.08. The van der Waals surface area contributed by atoms with E-state index >= 15 is 0 Å². The number of aromatic nitrogens is 1. The fourth-order valence-corrected chi connectivity index (χ4v) is 2.91. The van der Waals surface area contributed by atoms with Gasteiger partial charge in [-0.15, -0.1) is 22.7 Å². The minimum absolute atomic E-state index is 0.553. The highest BCUT2D eigenvalue weighted by Crippen LogP contribution is 2.32. The molecule has 5 heteroatoms. The topological polar surface area (TPSA) is 48.1 Å². The second-order valence-corrected chi connectivity index (χ2v) is 5.46. The average molecular weight is 262 g/mol. The summed E-state index contributed by atoms with van der Waals surface area (Å²) in [5.74, 6) is 0.705. The molecule has 2 N–H and O–H groups in total. The summed E-state index contributed by atoms with van der Waals surface area (Å²) < 4.78 is 6.80. The summed E-state index contributed by atoms with van der Waals surface area (Å²) >= 11 is 3.26. The molecule has 0 atom stereocenters. The third kappa shape index (κ3) is 1.99. The lowest BCUT2D eigenvalue weighted by Crippen LogP contribution is -1.97. The standard InChI is InChI=1S/C12H10N2OS2/c13-11-9(15-6-8-2-1-5-16-8)3-4-10-12(11)14-7-17-10/h1-5,7H,6,13H2. The zero-order valence-corrected chi connectivity index (χ0v) is 10.6. The molecule has 2 aromatic heterocycles. The lowest BCUT2D eigenvalue weighted by atomic mass is 10.2. The molecule has 3 aromatic rings. The van der Waals surface area contributed by atoms with Crippen molar-refractivity contribution >= 4 is 38.6 Å². The van der Waals surface area contributed by atoms with Gasteiger partial charge in [-0.2, -0.15) is 0 Å². The van der Waals surface area contributed by atoms with E-state index < -0.39 is 0 Å². The minimum Gasteiger partial charge on any atom is -0.486 e. The van der Waals surface area contributed by atoms with E-state index in [0.717, 1.165) is 10.2 Å². The van der Waals surface area contributed by atoms with Gasteiger partial charge in [-0.3, -0.25) is 0 Å². The number of nitrogen functional groups attached to an aromatic ring is 1. The number of hydrogen-bond acceptors (Lipinski definition) is 5. The SMILES string of the molecule is Nc1c(OCc2cccs2)ccc2scnc12. The molecule has 0 unspecified atom stereocenters. The maximum atomic E-state index is 6.03. The van der Waals surface area contributed by atoms with Crippen LogP contribution in [0.4, 0.5) is 5.69 Å². The maximum absolute atomic E-state index is 6.03. The lowest BCUT2D eigenvalue weighted by Gasteiger charge is -2.07. The average Bonchev–Trinajstić information content (AvgIpc) is 2.99. The first kappa shape index (κ1) is 10.6. The molecule has 0 aliphatic carbocycles. The molecule has 0 saturated carbocycles. The number of anilines is 1. The Morgan fingerprint density at radius 2 is 2.18 bits per heavy atom. The van der Waals surface area contributed by atoms with Gasteiger partial charge in [0.05, 0.1) is 10.2 Å². The van der Waals surface area contributed by atoms with Crippen molar-refractivity contribution in [3.63, 3.8) is 0 Å². The number of hydrogen-bond donors (Lipinski definition) is 1. The number of nitrogens with zero attached hydrogens (tertiary/aromatic N) is 1. The van der Waals surface area contributed by atoms with Gasteiger partial charge in [-0.25, -0.2) is 4.98 Å². The van der Waals surface area contributed by atoms with Gasteiger partial charge in [-0.05, 0) is 23.6 Å². The Bertz CT molecular complexity index is 631. The number of thiophene rings is 1. The van der Waals surface area contributed by atoms with E-state index in [4.69, 9.17) is 10.5 Å². The van der Waals surface area contributed by atoms with Gasteiger partial charge in [0.25, 0.3) is 0 Å². The van der Waals surface area contributed by atoms with E-state index in [0.29, 0.717) is 18.0 Å². The van der Waals surface area contributed by atoms with Gasteiger partial charge in [0.2, 0.25) is 0 Å². The number of nitrogens with two attached hydrogens (primary N) is 1. The minimum atomic E-state index is 0.553. The van der Waals surface area contributed by atoms with Crippen LogP contribution in [0.15, 0.2) is 35.2 Å². The number of benzene rings is 1. The molecular formula is C12H10N2OS2. The number of fused-ring (bicyclic) bond motifs is 1. The molecule has 3 nitrogen and oxygen atoms in total. The summed E-state index contributed by atoms with van der Waals surface area (Å²) in [6.07, 6.45) is 0. The Morgan fingerprint density at radius 1 is 1.24 bits per heavy atom. The van der Waals surface area contributed by atoms with Gasteiger partial charge in [-0.1, -0.05) is 6.07 Å². The fourth-order valence-electron chi connectivity index (χ4n) is 1.60. The van der Waals surface area contributed by atoms with E-state index in [2.05, 4.69) is 4.98 Å². The molecule has 0 bridgehead atoms. The predicted octanol–water partition coefficient (Wildman–Crippen LogP) is 3.52. The molecule has 0 spiro atoms. The van der Waals surface area contributed by atoms with E-state index in [1.54, 1.807) is 28.2 Å². The van der Waals surface area contributed by atoms with Gasteiger partial charge < -0.3 is 10.5 Å². The first-order valence-corrected chi connectivity index (χ1v) is 6.87. The Hall–Kier alpha value is -1.59. The van der Waals surface area contributed by atoms with Crippen LogP contribution in [0.1, 0.15) is 4.88 Å². The molecular weight excluding hydrogens is 252 g/mol. The maximum Gasteiger partial charge on any atom is 0.145 e. The van der Waals surface area contributed by atoms with Crippen LogP contribution in [0.2, 0.25) is 0 Å². The molecule has 86 valence electrons. The highest BCUT2D eigenvalue weighted by molar-refractivity contribution is 7.16. The molecule has 3 rings (SSSR count). The fraction of sp³-hybridized carbons (Fsp3) is 0.0833. The van der Waals surface area contributed by atoms with Crippen molar-refractivity contribution in [1.29, 1.82) is 0 Å². The van der Waals surface area contributed by atoms with Crippen LogP contribution < -0.4 is 10.5 Å². The van der Waals surface area contributed by atoms with Crippen molar-refractivity contribution in [3.8, 4) is 5.75 Å². The Labute approximate surface area is 106 Å². The molecule has 2 heterocycles. The first-order chi connectivity index (χ1) is 8.34. The van der Waals surface area contributed by atoms with Crippen LogP contribution in [0.3, 0.4) is 0 Å². The molecule has 0 amide bonds. The monoisotopic (exact) mass is 262 g/mol. The highest BCUT2D eigenvalue weighted by atomic mass is 32.1. The summed E-state index contributed by atoms with van der Waals surface area (Å²) in [6, 6.07) is 7.95. The largest absolute Gasteiger partial charge is 0.486 e. The molecule has 1 aromatic carbocycles. The summed E-state index contributed by atoms with van der Waals surface area (Å²) in [5.41, 5.74) is 9.28. The van der Waals surface area contributed by atoms with Crippen LogP contribution in [-0.2, 0) is 6.61 Å². The number of thiazole rings is 1. The quantitative estimate of drug-likeness (QED) is 0.735.